The van der Waals surface area contributed by atoms with Crippen LogP contribution in [0.25, 0.3) is 0 Å². The Bertz CT molecular complexity index is 597. The maximum absolute atomic E-state index is 13.0. The number of nitrogens with two attached hydrogens (primary N) is 1. The standard InChI is InChI=1S/C23H37N3O/c1-19-15-21(11-14-26(19)17-20-9-5-3-6-10-20)25(2)22(27)16-23(18-24)12-7-4-8-13-23/h3,5-6,9-10,19,21H,4,7-8,11-18,24H2,1-2H3. The van der Waals surface area contributed by atoms with Gasteiger partial charge >= 0.3 is 0 Å². The van der Waals surface area contributed by atoms with Crippen molar-refractivity contribution in [1.29, 1.82) is 0 Å². The molecular weight excluding hydrogens is 334 g/mol. The van der Waals surface area contributed by atoms with E-state index in [9.17, 15) is 4.79 Å². The van der Waals surface area contributed by atoms with Crippen molar-refractivity contribution in [2.75, 3.05) is 20.1 Å². The molecule has 1 amide bonds. The first kappa shape index (κ1) is 20.3. The third kappa shape index (κ3) is 5.11. The summed E-state index contributed by atoms with van der Waals surface area (Å²) in [5.74, 6) is 0.302. The van der Waals surface area contributed by atoms with Crippen LogP contribution in [0.5, 0.6) is 0 Å². The fraction of sp³-hybridized carbons (Fsp3) is 0.696. The number of rotatable bonds is 6. The highest BCUT2D eigenvalue weighted by molar-refractivity contribution is 5.77. The van der Waals surface area contributed by atoms with Crippen molar-refractivity contribution in [1.82, 2.24) is 9.80 Å². The van der Waals surface area contributed by atoms with Gasteiger partial charge in [0.15, 0.2) is 0 Å². The molecular formula is C23H37N3O. The average molecular weight is 372 g/mol. The zero-order chi connectivity index (χ0) is 19.3. The van der Waals surface area contributed by atoms with Crippen molar-refractivity contribution in [3.05, 3.63) is 35.9 Å². The minimum Gasteiger partial charge on any atom is -0.343 e. The van der Waals surface area contributed by atoms with Gasteiger partial charge in [0.2, 0.25) is 5.91 Å². The molecule has 150 valence electrons. The predicted molar refractivity (Wildman–Crippen MR) is 111 cm³/mol. The Hall–Kier alpha value is -1.39. The molecule has 0 bridgehead atoms. The lowest BCUT2D eigenvalue weighted by atomic mass is 9.71. The summed E-state index contributed by atoms with van der Waals surface area (Å²) in [6.07, 6.45) is 8.75. The van der Waals surface area contributed by atoms with E-state index in [1.54, 1.807) is 0 Å². The van der Waals surface area contributed by atoms with Gasteiger partial charge in [0.05, 0.1) is 0 Å². The van der Waals surface area contributed by atoms with Crippen LogP contribution in [0.2, 0.25) is 0 Å². The number of hydrogen-bond donors (Lipinski definition) is 1. The number of hydrogen-bond acceptors (Lipinski definition) is 3. The van der Waals surface area contributed by atoms with Crippen LogP contribution < -0.4 is 5.73 Å². The van der Waals surface area contributed by atoms with Gasteiger partial charge in [-0.25, -0.2) is 0 Å². The van der Waals surface area contributed by atoms with Gasteiger partial charge in [-0.3, -0.25) is 9.69 Å². The largest absolute Gasteiger partial charge is 0.343 e. The van der Waals surface area contributed by atoms with Gasteiger partial charge in [-0.2, -0.15) is 0 Å². The molecule has 1 aliphatic carbocycles. The van der Waals surface area contributed by atoms with Crippen LogP contribution in [-0.4, -0.2) is 47.9 Å². The average Bonchev–Trinajstić information content (AvgIpc) is 2.70. The maximum atomic E-state index is 13.0. The topological polar surface area (TPSA) is 49.6 Å². The molecule has 2 N–H and O–H groups in total. The van der Waals surface area contributed by atoms with Crippen LogP contribution in [-0.2, 0) is 11.3 Å². The summed E-state index contributed by atoms with van der Waals surface area (Å²) >= 11 is 0. The Morgan fingerprint density at radius 2 is 1.93 bits per heavy atom. The molecule has 2 unspecified atom stereocenters. The number of carbonyl (C=O) groups excluding carboxylic acids is 1. The third-order valence-electron chi connectivity index (χ3n) is 7.03. The van der Waals surface area contributed by atoms with Gasteiger partial charge in [0.25, 0.3) is 0 Å². The van der Waals surface area contributed by atoms with Crippen molar-refractivity contribution in [2.45, 2.75) is 76.9 Å². The molecule has 0 radical (unpaired) electrons. The van der Waals surface area contributed by atoms with Crippen LogP contribution in [0.3, 0.4) is 0 Å². The summed E-state index contributed by atoms with van der Waals surface area (Å²) in [5, 5.41) is 0. The molecule has 1 heterocycles. The van der Waals surface area contributed by atoms with Crippen molar-refractivity contribution in [2.24, 2.45) is 11.1 Å². The summed E-state index contributed by atoms with van der Waals surface area (Å²) in [7, 11) is 2.01. The highest BCUT2D eigenvalue weighted by Gasteiger charge is 2.36. The van der Waals surface area contributed by atoms with Gasteiger partial charge in [0, 0.05) is 38.6 Å². The molecule has 2 fully saturated rings. The second-order valence-electron chi connectivity index (χ2n) is 8.93. The van der Waals surface area contributed by atoms with Gasteiger partial charge < -0.3 is 10.6 Å². The van der Waals surface area contributed by atoms with Crippen molar-refractivity contribution >= 4 is 5.91 Å². The summed E-state index contributed by atoms with van der Waals surface area (Å²) < 4.78 is 0. The van der Waals surface area contributed by atoms with E-state index in [1.807, 2.05) is 11.9 Å². The SMILES string of the molecule is CC1CC(N(C)C(=O)CC2(CN)CCCCC2)CCN1Cc1ccccc1. The first-order valence-electron chi connectivity index (χ1n) is 10.8. The number of piperidine rings is 1. The fourth-order valence-electron chi connectivity index (χ4n) is 5.00. The first-order valence-corrected chi connectivity index (χ1v) is 10.8. The zero-order valence-corrected chi connectivity index (χ0v) is 17.2. The van der Waals surface area contributed by atoms with Crippen molar-refractivity contribution < 1.29 is 4.79 Å². The van der Waals surface area contributed by atoms with Gasteiger partial charge in [-0.05, 0) is 50.1 Å². The number of benzene rings is 1. The second kappa shape index (κ2) is 9.20. The summed E-state index contributed by atoms with van der Waals surface area (Å²) in [4.78, 5) is 17.6. The molecule has 2 aliphatic rings. The van der Waals surface area contributed by atoms with E-state index >= 15 is 0 Å². The Morgan fingerprint density at radius 1 is 1.22 bits per heavy atom. The lowest BCUT2D eigenvalue weighted by Crippen LogP contribution is -2.50. The summed E-state index contributed by atoms with van der Waals surface area (Å²) in [5.41, 5.74) is 7.53. The first-order chi connectivity index (χ1) is 13.0. The fourth-order valence-corrected chi connectivity index (χ4v) is 5.00. The highest BCUT2D eigenvalue weighted by Crippen LogP contribution is 2.39. The molecule has 1 aromatic rings. The molecule has 1 aliphatic heterocycles. The quantitative estimate of drug-likeness (QED) is 0.827. The highest BCUT2D eigenvalue weighted by atomic mass is 16.2. The Labute approximate surface area is 165 Å². The van der Waals surface area contributed by atoms with E-state index < -0.39 is 0 Å². The summed E-state index contributed by atoms with van der Waals surface area (Å²) in [6.45, 7) is 5.01. The molecule has 2 atom stereocenters. The third-order valence-corrected chi connectivity index (χ3v) is 7.03. The molecule has 4 nitrogen and oxygen atoms in total. The number of nitrogens with zero attached hydrogens (tertiary/aromatic N) is 2. The van der Waals surface area contributed by atoms with Crippen molar-refractivity contribution in [3.63, 3.8) is 0 Å². The van der Waals surface area contributed by atoms with Gasteiger partial charge in [-0.1, -0.05) is 49.6 Å². The molecule has 1 aromatic carbocycles. The van der Waals surface area contributed by atoms with E-state index in [1.165, 1.54) is 24.8 Å². The van der Waals surface area contributed by atoms with E-state index in [-0.39, 0.29) is 5.41 Å². The van der Waals surface area contributed by atoms with Crippen LogP contribution in [0.4, 0.5) is 0 Å². The second-order valence-corrected chi connectivity index (χ2v) is 8.93. The summed E-state index contributed by atoms with van der Waals surface area (Å²) in [6, 6.07) is 11.5. The molecule has 1 saturated heterocycles. The van der Waals surface area contributed by atoms with Crippen LogP contribution in [0.15, 0.2) is 30.3 Å². The molecule has 0 spiro atoms. The van der Waals surface area contributed by atoms with E-state index in [0.29, 0.717) is 31.0 Å². The normalized spacial score (nSPS) is 25.9. The minimum atomic E-state index is 0.0588. The number of carbonyl (C=O) groups is 1. The molecule has 0 aromatic heterocycles. The van der Waals surface area contributed by atoms with Gasteiger partial charge in [-0.15, -0.1) is 0 Å². The van der Waals surface area contributed by atoms with E-state index in [4.69, 9.17) is 5.73 Å². The minimum absolute atomic E-state index is 0.0588. The van der Waals surface area contributed by atoms with Crippen LogP contribution in [0.1, 0.15) is 63.9 Å². The number of amides is 1. The van der Waals surface area contributed by atoms with E-state index in [0.717, 1.165) is 38.8 Å². The predicted octanol–water partition coefficient (Wildman–Crippen LogP) is 3.80. The molecule has 1 saturated carbocycles. The van der Waals surface area contributed by atoms with Crippen molar-refractivity contribution in [3.8, 4) is 0 Å². The molecule has 27 heavy (non-hydrogen) atoms. The Morgan fingerprint density at radius 3 is 2.56 bits per heavy atom. The lowest BCUT2D eigenvalue weighted by Gasteiger charge is -2.43. The molecule has 3 rings (SSSR count). The Kier molecular flexibility index (Phi) is 6.93. The number of likely N-dealkylation sites (tertiary alicyclic amines) is 1. The van der Waals surface area contributed by atoms with Gasteiger partial charge in [0.1, 0.15) is 0 Å². The van der Waals surface area contributed by atoms with Crippen LogP contribution >= 0.6 is 0 Å². The lowest BCUT2D eigenvalue weighted by molar-refractivity contribution is -0.136. The van der Waals surface area contributed by atoms with E-state index in [2.05, 4.69) is 42.2 Å². The van der Waals surface area contributed by atoms with Crippen LogP contribution in [0, 0.1) is 5.41 Å². The zero-order valence-electron chi connectivity index (χ0n) is 17.2. The monoisotopic (exact) mass is 371 g/mol. The Balaban J connectivity index is 1.53. The smallest absolute Gasteiger partial charge is 0.223 e. The maximum Gasteiger partial charge on any atom is 0.223 e. The molecule has 4 heteroatoms.